The number of ether oxygens (including phenoxy) is 4. The summed E-state index contributed by atoms with van der Waals surface area (Å²) in [6.07, 6.45) is 2.73. The van der Waals surface area contributed by atoms with Gasteiger partial charge in [0.05, 0.1) is 27.9 Å². The number of rotatable bonds is 6. The first-order chi connectivity index (χ1) is 14.5. The second-order valence-corrected chi connectivity index (χ2v) is 9.28. The number of benzene rings is 2. The molecule has 1 fully saturated rings. The third kappa shape index (κ3) is 4.10. The van der Waals surface area contributed by atoms with E-state index in [1.165, 1.54) is 16.7 Å². The summed E-state index contributed by atoms with van der Waals surface area (Å²) in [5.41, 5.74) is 1.49. The number of carbonyl (C=O) groups is 1. The van der Waals surface area contributed by atoms with Gasteiger partial charge in [0.2, 0.25) is 6.79 Å². The van der Waals surface area contributed by atoms with Crippen molar-refractivity contribution in [2.24, 2.45) is 0 Å². The molecule has 0 aliphatic carbocycles. The summed E-state index contributed by atoms with van der Waals surface area (Å²) in [5, 5.41) is 0. The molecule has 0 saturated carbocycles. The van der Waals surface area contributed by atoms with Gasteiger partial charge in [-0.1, -0.05) is 30.9 Å². The minimum atomic E-state index is -0.177. The van der Waals surface area contributed by atoms with Gasteiger partial charge in [-0.15, -0.1) is 0 Å². The highest BCUT2D eigenvalue weighted by atomic mass is 127. The summed E-state index contributed by atoms with van der Waals surface area (Å²) in [5.74, 6) is 2.43. The number of carbonyl (C=O) groups excluding carboxylic acids is 1. The van der Waals surface area contributed by atoms with E-state index in [4.69, 9.17) is 31.2 Å². The van der Waals surface area contributed by atoms with Gasteiger partial charge < -0.3 is 18.9 Å². The number of fused-ring (bicyclic) bond motifs is 1. The molecule has 0 radical (unpaired) electrons. The molecular formula is C21H18INO5S2. The first-order valence-corrected chi connectivity index (χ1v) is 11.5. The average molecular weight is 555 g/mol. The van der Waals surface area contributed by atoms with Crippen molar-refractivity contribution in [1.29, 1.82) is 0 Å². The van der Waals surface area contributed by atoms with E-state index < -0.39 is 0 Å². The average Bonchev–Trinajstić information content (AvgIpc) is 3.30. The number of amides is 1. The zero-order valence-corrected chi connectivity index (χ0v) is 20.1. The molecule has 2 aromatic carbocycles. The molecule has 6 nitrogen and oxygen atoms in total. The van der Waals surface area contributed by atoms with Crippen LogP contribution in [0.1, 0.15) is 18.9 Å². The molecule has 0 bridgehead atoms. The Morgan fingerprint density at radius 1 is 1.27 bits per heavy atom. The molecule has 0 aromatic heterocycles. The Kier molecular flexibility index (Phi) is 6.40. The number of methoxy groups -OCH3 is 1. The van der Waals surface area contributed by atoms with Crippen LogP contribution in [0.4, 0.5) is 5.69 Å². The van der Waals surface area contributed by atoms with Crippen LogP contribution in [-0.2, 0) is 4.79 Å². The monoisotopic (exact) mass is 555 g/mol. The second-order valence-electron chi connectivity index (χ2n) is 6.44. The molecule has 0 spiro atoms. The van der Waals surface area contributed by atoms with Gasteiger partial charge in [0.25, 0.3) is 5.91 Å². The smallest absolute Gasteiger partial charge is 0.270 e. The van der Waals surface area contributed by atoms with Crippen molar-refractivity contribution in [3.8, 4) is 23.0 Å². The minimum Gasteiger partial charge on any atom is -0.493 e. The van der Waals surface area contributed by atoms with Gasteiger partial charge in [-0.2, -0.15) is 0 Å². The maximum atomic E-state index is 13.1. The first-order valence-electron chi connectivity index (χ1n) is 9.19. The summed E-state index contributed by atoms with van der Waals surface area (Å²) in [6.45, 7) is 2.84. The van der Waals surface area contributed by atoms with Crippen molar-refractivity contribution in [2.45, 2.75) is 13.3 Å². The Balaban J connectivity index is 1.63. The predicted molar refractivity (Wildman–Crippen MR) is 130 cm³/mol. The number of hydrogen-bond donors (Lipinski definition) is 0. The van der Waals surface area contributed by atoms with E-state index in [0.29, 0.717) is 44.5 Å². The molecule has 9 heteroatoms. The molecule has 0 atom stereocenters. The van der Waals surface area contributed by atoms with Gasteiger partial charge in [-0.25, -0.2) is 0 Å². The van der Waals surface area contributed by atoms with Crippen LogP contribution in [0.15, 0.2) is 35.2 Å². The van der Waals surface area contributed by atoms with Gasteiger partial charge in [0, 0.05) is 6.07 Å². The molecular weight excluding hydrogens is 537 g/mol. The van der Waals surface area contributed by atoms with Crippen molar-refractivity contribution in [2.75, 3.05) is 25.4 Å². The quantitative estimate of drug-likeness (QED) is 0.275. The SMILES string of the molecule is CCCOc1c(I)cc(/C=C2\SC(=S)N(c3ccc4c(c3)OCO4)C2=O)cc1OC. The Morgan fingerprint density at radius 2 is 2.07 bits per heavy atom. The van der Waals surface area contributed by atoms with Crippen LogP contribution < -0.4 is 23.8 Å². The standard InChI is InChI=1S/C21H18INO5S2/c1-3-6-26-19-14(22)7-12(8-17(19)25-2)9-18-20(24)23(21(29)30-18)13-4-5-15-16(10-13)28-11-27-15/h4-5,7-10H,3,6,11H2,1-2H3/b18-9-. The van der Waals surface area contributed by atoms with E-state index >= 15 is 0 Å². The third-order valence-electron chi connectivity index (χ3n) is 4.41. The zero-order chi connectivity index (χ0) is 21.3. The fourth-order valence-corrected chi connectivity index (χ4v) is 5.11. The molecule has 30 heavy (non-hydrogen) atoms. The molecule has 2 aromatic rings. The first kappa shape index (κ1) is 21.3. The van der Waals surface area contributed by atoms with Crippen LogP contribution in [0.25, 0.3) is 6.08 Å². The zero-order valence-electron chi connectivity index (χ0n) is 16.3. The Morgan fingerprint density at radius 3 is 2.83 bits per heavy atom. The van der Waals surface area contributed by atoms with E-state index in [0.717, 1.165) is 15.6 Å². The van der Waals surface area contributed by atoms with E-state index in [9.17, 15) is 4.79 Å². The van der Waals surface area contributed by atoms with Crippen LogP contribution in [0.2, 0.25) is 0 Å². The Labute approximate surface area is 197 Å². The molecule has 2 heterocycles. The summed E-state index contributed by atoms with van der Waals surface area (Å²) in [6, 6.07) is 9.17. The van der Waals surface area contributed by atoms with Gasteiger partial charge >= 0.3 is 0 Å². The molecule has 1 saturated heterocycles. The molecule has 2 aliphatic heterocycles. The number of hydrogen-bond acceptors (Lipinski definition) is 7. The number of halogens is 1. The lowest BCUT2D eigenvalue weighted by atomic mass is 10.1. The topological polar surface area (TPSA) is 57.2 Å². The predicted octanol–water partition coefficient (Wildman–Crippen LogP) is 5.22. The number of nitrogens with zero attached hydrogens (tertiary/aromatic N) is 1. The highest BCUT2D eigenvalue weighted by Gasteiger charge is 2.34. The van der Waals surface area contributed by atoms with E-state index in [-0.39, 0.29) is 12.7 Å². The van der Waals surface area contributed by atoms with Crippen LogP contribution in [0.3, 0.4) is 0 Å². The molecule has 2 aliphatic rings. The molecule has 1 amide bonds. The molecule has 0 N–H and O–H groups in total. The van der Waals surface area contributed by atoms with Crippen LogP contribution in [0, 0.1) is 3.57 Å². The number of anilines is 1. The van der Waals surface area contributed by atoms with Crippen LogP contribution in [0.5, 0.6) is 23.0 Å². The normalized spacial score (nSPS) is 16.5. The maximum absolute atomic E-state index is 13.1. The number of thiocarbonyl (C=S) groups is 1. The van der Waals surface area contributed by atoms with Crippen molar-refractivity contribution in [3.05, 3.63) is 44.4 Å². The summed E-state index contributed by atoms with van der Waals surface area (Å²) >= 11 is 8.95. The van der Waals surface area contributed by atoms with E-state index in [1.807, 2.05) is 18.2 Å². The largest absolute Gasteiger partial charge is 0.493 e. The van der Waals surface area contributed by atoms with Gasteiger partial charge in [-0.05, 0) is 64.9 Å². The van der Waals surface area contributed by atoms with Gasteiger partial charge in [-0.3, -0.25) is 9.69 Å². The van der Waals surface area contributed by atoms with Crippen molar-refractivity contribution in [1.82, 2.24) is 0 Å². The third-order valence-corrected chi connectivity index (χ3v) is 6.51. The highest BCUT2D eigenvalue weighted by molar-refractivity contribution is 14.1. The fraction of sp³-hybridized carbons (Fsp3) is 0.238. The molecule has 0 unspecified atom stereocenters. The lowest BCUT2D eigenvalue weighted by Crippen LogP contribution is -2.27. The number of thioether (sulfide) groups is 1. The summed E-state index contributed by atoms with van der Waals surface area (Å²) < 4.78 is 23.4. The molecule has 156 valence electrons. The summed E-state index contributed by atoms with van der Waals surface area (Å²) in [4.78, 5) is 15.1. The lowest BCUT2D eigenvalue weighted by molar-refractivity contribution is -0.113. The van der Waals surface area contributed by atoms with E-state index in [1.54, 1.807) is 25.3 Å². The second kappa shape index (κ2) is 9.03. The summed E-state index contributed by atoms with van der Waals surface area (Å²) in [7, 11) is 1.60. The highest BCUT2D eigenvalue weighted by Crippen LogP contribution is 2.41. The minimum absolute atomic E-state index is 0.176. The van der Waals surface area contributed by atoms with Crippen LogP contribution >= 0.6 is 46.6 Å². The fourth-order valence-electron chi connectivity index (χ4n) is 3.03. The maximum Gasteiger partial charge on any atom is 0.270 e. The van der Waals surface area contributed by atoms with E-state index in [2.05, 4.69) is 29.5 Å². The Hall–Kier alpha value is -1.98. The van der Waals surface area contributed by atoms with Crippen molar-refractivity contribution in [3.63, 3.8) is 0 Å². The van der Waals surface area contributed by atoms with Crippen molar-refractivity contribution >= 4 is 68.6 Å². The van der Waals surface area contributed by atoms with Crippen LogP contribution in [-0.4, -0.2) is 30.7 Å². The Bertz CT molecular complexity index is 1060. The van der Waals surface area contributed by atoms with Gasteiger partial charge in [0.15, 0.2) is 27.3 Å². The van der Waals surface area contributed by atoms with Crippen molar-refractivity contribution < 1.29 is 23.7 Å². The van der Waals surface area contributed by atoms with Gasteiger partial charge in [0.1, 0.15) is 0 Å². The molecule has 4 rings (SSSR count). The lowest BCUT2D eigenvalue weighted by Gasteiger charge is -2.15.